The molecule has 0 aliphatic heterocycles. The molecule has 8 aromatic rings. The Balaban J connectivity index is 0.000000154. The van der Waals surface area contributed by atoms with Crippen LogP contribution in [0.1, 0.15) is 135 Å². The van der Waals surface area contributed by atoms with Gasteiger partial charge in [0.15, 0.2) is 0 Å². The summed E-state index contributed by atoms with van der Waals surface area (Å²) in [5.74, 6) is 1.10. The largest absolute Gasteiger partial charge is 0.330 e. The summed E-state index contributed by atoms with van der Waals surface area (Å²) < 4.78 is 0. The fraction of sp³-hybridized carbons (Fsp3) is 0.262. The first kappa shape index (κ1) is 43.5. The van der Waals surface area contributed by atoms with Crippen LogP contribution in [0.15, 0.2) is 164 Å². The van der Waals surface area contributed by atoms with E-state index in [2.05, 4.69) is 202 Å². The van der Waals surface area contributed by atoms with Crippen molar-refractivity contribution < 1.29 is 0 Å². The number of hydrogen-bond acceptors (Lipinski definition) is 1. The predicted molar refractivity (Wildman–Crippen MR) is 285 cm³/mol. The molecule has 3 unspecified atom stereocenters. The molecule has 8 aromatic carbocycles. The lowest BCUT2D eigenvalue weighted by Crippen LogP contribution is -2.23. The highest BCUT2D eigenvalue weighted by atomic mass is 15.2. The summed E-state index contributed by atoms with van der Waals surface area (Å²) in [6.07, 6.45) is 15.6. The van der Waals surface area contributed by atoms with Crippen molar-refractivity contribution in [2.45, 2.75) is 111 Å². The predicted octanol–water partition coefficient (Wildman–Crippen LogP) is 17.0. The van der Waals surface area contributed by atoms with Gasteiger partial charge in [-0.15, -0.1) is 0 Å². The summed E-state index contributed by atoms with van der Waals surface area (Å²) in [5, 5.41) is 7.21. The zero-order chi connectivity index (χ0) is 45.7. The van der Waals surface area contributed by atoms with Gasteiger partial charge >= 0.3 is 0 Å². The number of nitrogens with zero attached hydrogens (tertiary/aromatic N) is 1. The average Bonchev–Trinajstić information content (AvgIpc) is 4.02. The number of fused-ring (bicyclic) bond motifs is 3. The SMILES string of the molecule is CC.CC.CC(Cc1ccccc1)c1ccc2ccc3c4c(ccc1c24)CCC=3.Cc1ccc2c(c1)C(C)(C)c1cc(N(c3ccccc3)C3C=C4C=CC5CCc6ccc3c4c65)ccc1-2. The van der Waals surface area contributed by atoms with Crippen molar-refractivity contribution in [3.8, 4) is 11.1 Å². The van der Waals surface area contributed by atoms with E-state index in [0.29, 0.717) is 11.8 Å². The smallest absolute Gasteiger partial charge is 0.0790 e. The molecular weight excluding hydrogens is 795 g/mol. The Morgan fingerprint density at radius 3 is 2.17 bits per heavy atom. The van der Waals surface area contributed by atoms with E-state index in [9.17, 15) is 0 Å². The van der Waals surface area contributed by atoms with Gasteiger partial charge in [0.1, 0.15) is 0 Å². The Labute approximate surface area is 394 Å². The van der Waals surface area contributed by atoms with Crippen molar-refractivity contribution in [1.29, 1.82) is 0 Å². The summed E-state index contributed by atoms with van der Waals surface area (Å²) in [4.78, 5) is 2.56. The van der Waals surface area contributed by atoms with Crippen LogP contribution in [0.3, 0.4) is 0 Å². The van der Waals surface area contributed by atoms with Crippen LogP contribution < -0.4 is 10.1 Å². The van der Waals surface area contributed by atoms with Crippen molar-refractivity contribution >= 4 is 44.6 Å². The molecule has 0 saturated carbocycles. The number of anilines is 2. The van der Waals surface area contributed by atoms with Crippen LogP contribution in [0.2, 0.25) is 0 Å². The highest BCUT2D eigenvalue weighted by Gasteiger charge is 2.39. The van der Waals surface area contributed by atoms with E-state index >= 15 is 0 Å². The lowest BCUT2D eigenvalue weighted by molar-refractivity contribution is 0.659. The van der Waals surface area contributed by atoms with Gasteiger partial charge in [-0.2, -0.15) is 0 Å². The molecular formula is C65H65N. The minimum absolute atomic E-state index is 0.0245. The third-order valence-corrected chi connectivity index (χ3v) is 15.1. The lowest BCUT2D eigenvalue weighted by Gasteiger charge is -2.33. The fourth-order valence-electron chi connectivity index (χ4n) is 12.0. The van der Waals surface area contributed by atoms with E-state index in [4.69, 9.17) is 0 Å². The normalized spacial score (nSPS) is 17.4. The van der Waals surface area contributed by atoms with Gasteiger partial charge in [0, 0.05) is 22.7 Å². The molecule has 0 N–H and O–H groups in total. The minimum atomic E-state index is -0.0245. The average molecular weight is 860 g/mol. The molecule has 0 amide bonds. The molecule has 3 atom stereocenters. The maximum atomic E-state index is 2.56. The Kier molecular flexibility index (Phi) is 11.7. The molecule has 1 heteroatoms. The molecule has 0 radical (unpaired) electrons. The summed E-state index contributed by atoms with van der Waals surface area (Å²) in [7, 11) is 0. The maximum Gasteiger partial charge on any atom is 0.0790 e. The highest BCUT2D eigenvalue weighted by Crippen LogP contribution is 2.54. The number of aryl methyl sites for hydroxylation is 3. The minimum Gasteiger partial charge on any atom is -0.330 e. The zero-order valence-corrected chi connectivity index (χ0v) is 40.4. The van der Waals surface area contributed by atoms with Crippen LogP contribution in [0.5, 0.6) is 0 Å². The van der Waals surface area contributed by atoms with Crippen molar-refractivity contribution in [1.82, 2.24) is 0 Å². The second-order valence-electron chi connectivity index (χ2n) is 19.2. The van der Waals surface area contributed by atoms with Crippen molar-refractivity contribution in [2.75, 3.05) is 4.90 Å². The van der Waals surface area contributed by atoms with E-state index in [1.54, 1.807) is 11.1 Å². The van der Waals surface area contributed by atoms with Crippen LogP contribution in [-0.2, 0) is 24.7 Å². The highest BCUT2D eigenvalue weighted by molar-refractivity contribution is 6.13. The standard InChI is InChI=1S/C36H31N.C25H22.2C2H6/c1-22-9-16-28-29-18-15-27(21-32(29)36(2,3)31(28)19-22)37(26-7-5-4-6-8-26)33-20-25-13-12-23-10-11-24-14-17-30(33)35(25)34(23)24;1-17(16-18-6-3-2-4-7-18)22-14-12-21-11-10-19-8-5-9-20-13-15-23(22)25(21)24(19)20;2*1-2/h4-9,12-21,23,33H,10-11H2,1-3H3;2-4,6-8,10-15,17H,5,9,16H2,1H3;2*1-2H3. The van der Waals surface area contributed by atoms with Crippen LogP contribution in [0.4, 0.5) is 11.4 Å². The van der Waals surface area contributed by atoms with Crippen molar-refractivity contribution in [3.63, 3.8) is 0 Å². The molecule has 0 saturated heterocycles. The molecule has 0 spiro atoms. The van der Waals surface area contributed by atoms with Gasteiger partial charge < -0.3 is 4.90 Å². The molecule has 13 rings (SSSR count). The Hall–Kier alpha value is -6.44. The number of hydrogen-bond donors (Lipinski definition) is 0. The summed E-state index contributed by atoms with van der Waals surface area (Å²) in [5.41, 5.74) is 21.4. The first-order valence-electron chi connectivity index (χ1n) is 25.0. The van der Waals surface area contributed by atoms with Gasteiger partial charge in [0.05, 0.1) is 6.04 Å². The monoisotopic (exact) mass is 860 g/mol. The number of allylic oxidation sites excluding steroid dienone is 3. The molecule has 5 aliphatic rings. The van der Waals surface area contributed by atoms with Crippen LogP contribution in [-0.4, -0.2) is 0 Å². The third-order valence-electron chi connectivity index (χ3n) is 15.1. The molecule has 330 valence electrons. The lowest BCUT2D eigenvalue weighted by atomic mass is 9.82. The quantitative estimate of drug-likeness (QED) is 0.161. The zero-order valence-electron chi connectivity index (χ0n) is 40.4. The second-order valence-corrected chi connectivity index (χ2v) is 19.2. The van der Waals surface area contributed by atoms with Crippen LogP contribution in [0.25, 0.3) is 44.3 Å². The van der Waals surface area contributed by atoms with Crippen LogP contribution >= 0.6 is 0 Å². The van der Waals surface area contributed by atoms with Crippen molar-refractivity contribution in [3.05, 3.63) is 225 Å². The van der Waals surface area contributed by atoms with Crippen molar-refractivity contribution in [2.24, 2.45) is 0 Å². The van der Waals surface area contributed by atoms with E-state index in [0.717, 1.165) is 12.8 Å². The Morgan fingerprint density at radius 2 is 1.38 bits per heavy atom. The maximum absolute atomic E-state index is 2.56. The van der Waals surface area contributed by atoms with Gasteiger partial charge in [0.25, 0.3) is 0 Å². The molecule has 0 aromatic heterocycles. The molecule has 0 heterocycles. The second kappa shape index (κ2) is 17.7. The van der Waals surface area contributed by atoms with E-state index in [1.165, 1.54) is 119 Å². The van der Waals surface area contributed by atoms with Gasteiger partial charge in [-0.05, 0) is 169 Å². The van der Waals surface area contributed by atoms with Gasteiger partial charge in [-0.25, -0.2) is 0 Å². The van der Waals surface area contributed by atoms with E-state index in [-0.39, 0.29) is 11.5 Å². The van der Waals surface area contributed by atoms with Gasteiger partial charge in [-0.3, -0.25) is 0 Å². The summed E-state index contributed by atoms with van der Waals surface area (Å²) in [6, 6.07) is 54.9. The number of rotatable bonds is 6. The first-order chi connectivity index (χ1) is 32.3. The molecule has 1 nitrogen and oxygen atoms in total. The molecule has 0 bridgehead atoms. The Morgan fingerprint density at radius 1 is 0.667 bits per heavy atom. The first-order valence-corrected chi connectivity index (χ1v) is 25.0. The molecule has 66 heavy (non-hydrogen) atoms. The van der Waals surface area contributed by atoms with Gasteiger partial charge in [0.2, 0.25) is 0 Å². The Bertz CT molecular complexity index is 3220. The number of para-hydroxylation sites is 1. The van der Waals surface area contributed by atoms with Gasteiger partial charge in [-0.1, -0.05) is 194 Å². The fourth-order valence-corrected chi connectivity index (χ4v) is 12.0. The topological polar surface area (TPSA) is 3.24 Å². The molecule has 0 fully saturated rings. The number of benzene rings is 8. The third kappa shape index (κ3) is 7.23. The summed E-state index contributed by atoms with van der Waals surface area (Å²) >= 11 is 0. The van der Waals surface area contributed by atoms with E-state index < -0.39 is 0 Å². The molecule has 5 aliphatic carbocycles. The summed E-state index contributed by atoms with van der Waals surface area (Å²) in [6.45, 7) is 17.3. The van der Waals surface area contributed by atoms with Crippen LogP contribution in [0, 0.1) is 6.92 Å². The van der Waals surface area contributed by atoms with E-state index in [1.807, 2.05) is 27.7 Å².